The Balaban J connectivity index is 2.44. The number of hydrogen-bond donors (Lipinski definition) is 1. The van der Waals surface area contributed by atoms with Crippen molar-refractivity contribution in [1.29, 1.82) is 0 Å². The highest BCUT2D eigenvalue weighted by Gasteiger charge is 2.41. The number of unbranched alkanes of at least 4 members (excludes halogenated alkanes) is 4. The normalized spacial score (nSPS) is 33.0. The fourth-order valence-electron chi connectivity index (χ4n) is 3.87. The van der Waals surface area contributed by atoms with Crippen LogP contribution in [0.3, 0.4) is 0 Å². The molecule has 1 fully saturated rings. The van der Waals surface area contributed by atoms with Crippen molar-refractivity contribution in [2.24, 2.45) is 17.8 Å². The lowest BCUT2D eigenvalue weighted by atomic mass is 9.65. The molecule has 3 unspecified atom stereocenters. The summed E-state index contributed by atoms with van der Waals surface area (Å²) in [6, 6.07) is 0. The molecule has 108 valence electrons. The van der Waals surface area contributed by atoms with Crippen LogP contribution in [-0.4, -0.2) is 10.7 Å². The summed E-state index contributed by atoms with van der Waals surface area (Å²) >= 11 is 0. The molecule has 1 nitrogen and oxygen atoms in total. The molecular weight excluding hydrogens is 220 g/mol. The van der Waals surface area contributed by atoms with E-state index in [9.17, 15) is 5.11 Å². The Kier molecular flexibility index (Phi) is 6.70. The van der Waals surface area contributed by atoms with Crippen LogP contribution >= 0.6 is 0 Å². The van der Waals surface area contributed by atoms with Gasteiger partial charge in [0.15, 0.2) is 0 Å². The summed E-state index contributed by atoms with van der Waals surface area (Å²) in [7, 11) is 0. The van der Waals surface area contributed by atoms with Gasteiger partial charge in [-0.3, -0.25) is 0 Å². The zero-order valence-corrected chi connectivity index (χ0v) is 13.0. The van der Waals surface area contributed by atoms with E-state index in [1.807, 2.05) is 0 Å². The lowest BCUT2D eigenvalue weighted by Crippen LogP contribution is -2.45. The zero-order chi connectivity index (χ0) is 13.6. The lowest BCUT2D eigenvalue weighted by Gasteiger charge is -2.45. The number of aliphatic hydroxyl groups is 1. The summed E-state index contributed by atoms with van der Waals surface area (Å²) < 4.78 is 0. The van der Waals surface area contributed by atoms with Crippen molar-refractivity contribution >= 4 is 0 Å². The van der Waals surface area contributed by atoms with Crippen molar-refractivity contribution in [3.05, 3.63) is 0 Å². The molecule has 0 aromatic heterocycles. The standard InChI is InChI=1S/C17H34O/c1-5-6-7-8-9-12-17(18)13-15(4)10-11-16(17)14(2)3/h14-16,18H,5-13H2,1-4H3. The van der Waals surface area contributed by atoms with E-state index in [4.69, 9.17) is 0 Å². The average molecular weight is 254 g/mol. The van der Waals surface area contributed by atoms with Crippen LogP contribution in [0.1, 0.15) is 85.5 Å². The van der Waals surface area contributed by atoms with Gasteiger partial charge in [-0.15, -0.1) is 0 Å². The van der Waals surface area contributed by atoms with Crippen molar-refractivity contribution in [2.75, 3.05) is 0 Å². The van der Waals surface area contributed by atoms with Gasteiger partial charge in [-0.1, -0.05) is 66.2 Å². The van der Waals surface area contributed by atoms with Crippen LogP contribution in [0.4, 0.5) is 0 Å². The van der Waals surface area contributed by atoms with Crippen molar-refractivity contribution in [3.8, 4) is 0 Å². The SMILES string of the molecule is CCCCCCCC1(O)CC(C)CCC1C(C)C. The molecule has 1 rings (SSSR count). The van der Waals surface area contributed by atoms with Gasteiger partial charge in [0.25, 0.3) is 0 Å². The van der Waals surface area contributed by atoms with Crippen LogP contribution in [0.2, 0.25) is 0 Å². The molecule has 0 spiro atoms. The molecule has 0 saturated heterocycles. The van der Waals surface area contributed by atoms with Gasteiger partial charge in [0, 0.05) is 0 Å². The van der Waals surface area contributed by atoms with E-state index < -0.39 is 0 Å². The first-order valence-corrected chi connectivity index (χ1v) is 8.22. The Labute approximate surface area is 114 Å². The summed E-state index contributed by atoms with van der Waals surface area (Å²) in [6.07, 6.45) is 11.1. The zero-order valence-electron chi connectivity index (χ0n) is 13.0. The highest BCUT2D eigenvalue weighted by Crippen LogP contribution is 2.43. The molecule has 1 saturated carbocycles. The summed E-state index contributed by atoms with van der Waals surface area (Å²) in [5.41, 5.74) is -0.363. The third-order valence-electron chi connectivity index (χ3n) is 4.88. The summed E-state index contributed by atoms with van der Waals surface area (Å²) in [6.45, 7) is 9.12. The molecule has 0 heterocycles. The molecule has 1 heteroatoms. The molecule has 1 N–H and O–H groups in total. The summed E-state index contributed by atoms with van der Waals surface area (Å²) in [5, 5.41) is 11.0. The maximum Gasteiger partial charge on any atom is 0.0680 e. The minimum atomic E-state index is -0.363. The van der Waals surface area contributed by atoms with Crippen molar-refractivity contribution in [2.45, 2.75) is 91.1 Å². The molecule has 3 atom stereocenters. The van der Waals surface area contributed by atoms with Gasteiger partial charge >= 0.3 is 0 Å². The molecule has 0 aromatic rings. The molecule has 0 amide bonds. The second-order valence-electron chi connectivity index (χ2n) is 7.00. The highest BCUT2D eigenvalue weighted by atomic mass is 16.3. The van der Waals surface area contributed by atoms with Gasteiger partial charge in [-0.05, 0) is 37.0 Å². The largest absolute Gasteiger partial charge is 0.390 e. The molecular formula is C17H34O. The highest BCUT2D eigenvalue weighted by molar-refractivity contribution is 4.93. The third-order valence-corrected chi connectivity index (χ3v) is 4.88. The fourth-order valence-corrected chi connectivity index (χ4v) is 3.87. The van der Waals surface area contributed by atoms with E-state index in [1.165, 1.54) is 44.9 Å². The molecule has 0 bridgehead atoms. The molecule has 0 aromatic carbocycles. The first kappa shape index (κ1) is 16.0. The van der Waals surface area contributed by atoms with E-state index in [1.54, 1.807) is 0 Å². The molecule has 1 aliphatic rings. The Bertz CT molecular complexity index is 224. The van der Waals surface area contributed by atoms with E-state index in [0.717, 1.165) is 12.8 Å². The summed E-state index contributed by atoms with van der Waals surface area (Å²) in [5.74, 6) is 1.86. The van der Waals surface area contributed by atoms with Crippen LogP contribution in [0, 0.1) is 17.8 Å². The monoisotopic (exact) mass is 254 g/mol. The van der Waals surface area contributed by atoms with E-state index >= 15 is 0 Å². The van der Waals surface area contributed by atoms with Crippen LogP contribution < -0.4 is 0 Å². The van der Waals surface area contributed by atoms with Gasteiger partial charge in [0.2, 0.25) is 0 Å². The first-order chi connectivity index (χ1) is 8.49. The first-order valence-electron chi connectivity index (χ1n) is 8.22. The Hall–Kier alpha value is -0.0400. The third kappa shape index (κ3) is 4.57. The molecule has 18 heavy (non-hydrogen) atoms. The Morgan fingerprint density at radius 2 is 1.78 bits per heavy atom. The van der Waals surface area contributed by atoms with Gasteiger partial charge in [0.05, 0.1) is 5.60 Å². The predicted molar refractivity (Wildman–Crippen MR) is 79.7 cm³/mol. The summed E-state index contributed by atoms with van der Waals surface area (Å²) in [4.78, 5) is 0. The lowest BCUT2D eigenvalue weighted by molar-refractivity contribution is -0.0871. The maximum absolute atomic E-state index is 11.0. The maximum atomic E-state index is 11.0. The molecule has 1 aliphatic carbocycles. The number of rotatable bonds is 7. The van der Waals surface area contributed by atoms with Crippen LogP contribution in [0.5, 0.6) is 0 Å². The second-order valence-corrected chi connectivity index (χ2v) is 7.00. The Morgan fingerprint density at radius 1 is 1.11 bits per heavy atom. The van der Waals surface area contributed by atoms with E-state index in [-0.39, 0.29) is 5.60 Å². The molecule has 0 aliphatic heterocycles. The van der Waals surface area contributed by atoms with Crippen LogP contribution in [0.25, 0.3) is 0 Å². The van der Waals surface area contributed by atoms with Crippen molar-refractivity contribution in [3.63, 3.8) is 0 Å². The average Bonchev–Trinajstić information content (AvgIpc) is 2.28. The van der Waals surface area contributed by atoms with E-state index in [2.05, 4.69) is 27.7 Å². The quantitative estimate of drug-likeness (QED) is 0.621. The van der Waals surface area contributed by atoms with Crippen LogP contribution in [0.15, 0.2) is 0 Å². The minimum absolute atomic E-state index is 0.363. The topological polar surface area (TPSA) is 20.2 Å². The number of hydrogen-bond acceptors (Lipinski definition) is 1. The fraction of sp³-hybridized carbons (Fsp3) is 1.00. The smallest absolute Gasteiger partial charge is 0.0680 e. The van der Waals surface area contributed by atoms with Gasteiger partial charge in [-0.25, -0.2) is 0 Å². The van der Waals surface area contributed by atoms with Gasteiger partial charge < -0.3 is 5.11 Å². The van der Waals surface area contributed by atoms with Crippen LogP contribution in [-0.2, 0) is 0 Å². The van der Waals surface area contributed by atoms with Crippen molar-refractivity contribution < 1.29 is 5.11 Å². The van der Waals surface area contributed by atoms with Gasteiger partial charge in [-0.2, -0.15) is 0 Å². The second kappa shape index (κ2) is 7.53. The molecule has 0 radical (unpaired) electrons. The van der Waals surface area contributed by atoms with Crippen molar-refractivity contribution in [1.82, 2.24) is 0 Å². The minimum Gasteiger partial charge on any atom is -0.390 e. The predicted octanol–water partition coefficient (Wildman–Crippen LogP) is 5.17. The van der Waals surface area contributed by atoms with Gasteiger partial charge in [0.1, 0.15) is 0 Å². The Morgan fingerprint density at radius 3 is 2.39 bits per heavy atom. The van der Waals surface area contributed by atoms with E-state index in [0.29, 0.717) is 17.8 Å².